The zero-order chi connectivity index (χ0) is 22.7. The highest BCUT2D eigenvalue weighted by Gasteiger charge is 2.19. The Morgan fingerprint density at radius 1 is 1.12 bits per heavy atom. The molecule has 4 rings (SSSR count). The Morgan fingerprint density at radius 3 is 2.66 bits per heavy atom. The second-order valence-corrected chi connectivity index (χ2v) is 6.86. The lowest BCUT2D eigenvalue weighted by Gasteiger charge is -2.12. The van der Waals surface area contributed by atoms with Gasteiger partial charge in [-0.2, -0.15) is 5.10 Å². The molecule has 0 radical (unpaired) electrons. The van der Waals surface area contributed by atoms with Crippen LogP contribution in [0.1, 0.15) is 26.5 Å². The van der Waals surface area contributed by atoms with E-state index < -0.39 is 17.6 Å². The fourth-order valence-corrected chi connectivity index (χ4v) is 3.15. The van der Waals surface area contributed by atoms with E-state index in [9.17, 15) is 19.1 Å². The van der Waals surface area contributed by atoms with E-state index >= 15 is 0 Å². The summed E-state index contributed by atoms with van der Waals surface area (Å²) in [5, 5.41) is 19.0. The van der Waals surface area contributed by atoms with Crippen molar-refractivity contribution in [1.29, 1.82) is 0 Å². The highest BCUT2D eigenvalue weighted by atomic mass is 19.1. The van der Waals surface area contributed by atoms with Crippen LogP contribution in [-0.2, 0) is 6.54 Å². The predicted octanol–water partition coefficient (Wildman–Crippen LogP) is 3.68. The quantitative estimate of drug-likeness (QED) is 0.405. The van der Waals surface area contributed by atoms with Gasteiger partial charge in [0.05, 0.1) is 48.2 Å². The van der Waals surface area contributed by atoms with Gasteiger partial charge >= 0.3 is 0 Å². The van der Waals surface area contributed by atoms with E-state index in [1.165, 1.54) is 35.6 Å². The van der Waals surface area contributed by atoms with Gasteiger partial charge in [0.15, 0.2) is 0 Å². The average Bonchev–Trinajstić information content (AvgIpc) is 3.50. The zero-order valence-corrected chi connectivity index (χ0v) is 17.0. The van der Waals surface area contributed by atoms with E-state index in [4.69, 9.17) is 8.83 Å². The molecule has 3 N–H and O–H groups in total. The van der Waals surface area contributed by atoms with E-state index in [1.807, 2.05) is 0 Å². The van der Waals surface area contributed by atoms with Crippen LogP contribution in [0.5, 0.6) is 0 Å². The number of halogens is 1. The van der Waals surface area contributed by atoms with Gasteiger partial charge < -0.3 is 24.6 Å². The molecule has 0 aliphatic carbocycles. The Balaban J connectivity index is 1.62. The fourth-order valence-electron chi connectivity index (χ4n) is 3.15. The molecule has 0 aliphatic heterocycles. The minimum atomic E-state index is -0.618. The zero-order valence-electron chi connectivity index (χ0n) is 17.0. The lowest BCUT2D eigenvalue weighted by Crippen LogP contribution is -2.20. The molecule has 0 bridgehead atoms. The van der Waals surface area contributed by atoms with Gasteiger partial charge in [-0.15, -0.1) is 0 Å². The van der Waals surface area contributed by atoms with E-state index in [0.717, 1.165) is 17.7 Å². The summed E-state index contributed by atoms with van der Waals surface area (Å²) < 4.78 is 25.5. The molecule has 0 fully saturated rings. The number of furan rings is 2. The Morgan fingerprint density at radius 2 is 1.97 bits per heavy atom. The number of nitrogens with one attached hydrogen (secondary N) is 2. The minimum Gasteiger partial charge on any atom is -0.472 e. The number of carbonyl (C=O) groups excluding carboxylic acids is 2. The van der Waals surface area contributed by atoms with Crippen LogP contribution in [0.3, 0.4) is 0 Å². The van der Waals surface area contributed by atoms with E-state index in [0.29, 0.717) is 17.3 Å². The molecule has 164 valence electrons. The number of nitrogens with zero attached hydrogens (tertiary/aromatic N) is 2. The Kier molecular flexibility index (Phi) is 5.86. The number of anilines is 2. The van der Waals surface area contributed by atoms with Crippen molar-refractivity contribution in [2.24, 2.45) is 0 Å². The molecular weight excluding hydrogens is 419 g/mol. The Labute approximate surface area is 181 Å². The first-order valence-corrected chi connectivity index (χ1v) is 9.64. The standard InChI is InChI=1S/C22H19FN4O5/c1-13-16(5-9-32-13)19-11-20(27(26-19)6-7-28)25-22(30)17-3-2-15(23)10-18(17)24-21(29)14-4-8-31-12-14/h2-5,8-12,28H,6-7H2,1H3,(H,24,29)(H,25,30). The molecule has 10 heteroatoms. The monoisotopic (exact) mass is 438 g/mol. The molecule has 0 saturated carbocycles. The topological polar surface area (TPSA) is 123 Å². The minimum absolute atomic E-state index is 0.00664. The van der Waals surface area contributed by atoms with Gasteiger partial charge in [0.1, 0.15) is 23.7 Å². The van der Waals surface area contributed by atoms with Gasteiger partial charge in [-0.1, -0.05) is 0 Å². The summed E-state index contributed by atoms with van der Waals surface area (Å²) in [5.74, 6) is -0.800. The average molecular weight is 438 g/mol. The highest BCUT2D eigenvalue weighted by Crippen LogP contribution is 2.27. The maximum absolute atomic E-state index is 13.8. The number of aryl methyl sites for hydroxylation is 1. The summed E-state index contributed by atoms with van der Waals surface area (Å²) >= 11 is 0. The molecule has 3 aromatic heterocycles. The van der Waals surface area contributed by atoms with E-state index in [2.05, 4.69) is 15.7 Å². The lowest BCUT2D eigenvalue weighted by molar-refractivity contribution is 0.102. The number of rotatable bonds is 7. The summed E-state index contributed by atoms with van der Waals surface area (Å²) in [6.07, 6.45) is 4.10. The van der Waals surface area contributed by atoms with Crippen LogP contribution in [0, 0.1) is 12.7 Å². The van der Waals surface area contributed by atoms with Gasteiger partial charge in [-0.3, -0.25) is 9.59 Å². The first-order valence-electron chi connectivity index (χ1n) is 9.64. The summed E-state index contributed by atoms with van der Waals surface area (Å²) in [5.41, 5.74) is 1.55. The molecule has 0 spiro atoms. The van der Waals surface area contributed by atoms with Crippen molar-refractivity contribution in [3.8, 4) is 11.3 Å². The van der Waals surface area contributed by atoms with Crippen LogP contribution < -0.4 is 10.6 Å². The SMILES string of the molecule is Cc1occc1-c1cc(NC(=O)c2ccc(F)cc2NC(=O)c2ccoc2)n(CCO)n1. The maximum Gasteiger partial charge on any atom is 0.258 e. The lowest BCUT2D eigenvalue weighted by atomic mass is 10.1. The number of hydrogen-bond donors (Lipinski definition) is 3. The Hall–Kier alpha value is -4.18. The second-order valence-electron chi connectivity index (χ2n) is 6.86. The van der Waals surface area contributed by atoms with Gasteiger partial charge in [0, 0.05) is 11.6 Å². The van der Waals surface area contributed by atoms with Crippen LogP contribution in [-0.4, -0.2) is 33.3 Å². The molecule has 0 saturated heterocycles. The number of aliphatic hydroxyl groups excluding tert-OH is 1. The number of aromatic nitrogens is 2. The van der Waals surface area contributed by atoms with Crippen molar-refractivity contribution in [1.82, 2.24) is 9.78 Å². The third kappa shape index (κ3) is 4.30. The molecule has 2 amide bonds. The van der Waals surface area contributed by atoms with Crippen molar-refractivity contribution in [3.05, 3.63) is 77.9 Å². The molecule has 0 atom stereocenters. The fraction of sp³-hybridized carbons (Fsp3) is 0.136. The smallest absolute Gasteiger partial charge is 0.258 e. The van der Waals surface area contributed by atoms with Crippen LogP contribution in [0.2, 0.25) is 0 Å². The summed E-state index contributed by atoms with van der Waals surface area (Å²) in [7, 11) is 0. The molecular formula is C22H19FN4O5. The predicted molar refractivity (Wildman–Crippen MR) is 113 cm³/mol. The number of aliphatic hydroxyl groups is 1. The van der Waals surface area contributed by atoms with Gasteiger partial charge in [0.2, 0.25) is 0 Å². The molecule has 0 unspecified atom stereocenters. The summed E-state index contributed by atoms with van der Waals surface area (Å²) in [6.45, 7) is 1.73. The third-order valence-electron chi connectivity index (χ3n) is 4.73. The molecule has 32 heavy (non-hydrogen) atoms. The number of amides is 2. The highest BCUT2D eigenvalue weighted by molar-refractivity contribution is 6.12. The van der Waals surface area contributed by atoms with Crippen molar-refractivity contribution in [2.75, 3.05) is 17.2 Å². The molecule has 4 aromatic rings. The van der Waals surface area contributed by atoms with Crippen LogP contribution in [0.25, 0.3) is 11.3 Å². The number of carbonyl (C=O) groups is 2. The largest absolute Gasteiger partial charge is 0.472 e. The molecule has 0 aliphatic rings. The molecule has 3 heterocycles. The van der Waals surface area contributed by atoms with Crippen molar-refractivity contribution < 1.29 is 27.9 Å². The van der Waals surface area contributed by atoms with Crippen molar-refractivity contribution >= 4 is 23.3 Å². The van der Waals surface area contributed by atoms with Gasteiger partial charge in [-0.05, 0) is 37.3 Å². The third-order valence-corrected chi connectivity index (χ3v) is 4.73. The van der Waals surface area contributed by atoms with Gasteiger partial charge in [0.25, 0.3) is 11.8 Å². The van der Waals surface area contributed by atoms with Crippen molar-refractivity contribution in [2.45, 2.75) is 13.5 Å². The Bertz CT molecular complexity index is 1260. The van der Waals surface area contributed by atoms with Crippen molar-refractivity contribution in [3.63, 3.8) is 0 Å². The number of benzene rings is 1. The summed E-state index contributed by atoms with van der Waals surface area (Å²) in [4.78, 5) is 25.4. The normalized spacial score (nSPS) is 10.8. The maximum atomic E-state index is 13.8. The van der Waals surface area contributed by atoms with Crippen LogP contribution in [0.15, 0.2) is 64.0 Å². The van der Waals surface area contributed by atoms with E-state index in [1.54, 1.807) is 19.1 Å². The first-order chi connectivity index (χ1) is 15.5. The van der Waals surface area contributed by atoms with Gasteiger partial charge in [-0.25, -0.2) is 9.07 Å². The molecule has 9 nitrogen and oxygen atoms in total. The second kappa shape index (κ2) is 8.90. The summed E-state index contributed by atoms with van der Waals surface area (Å²) in [6, 6.07) is 8.27. The van der Waals surface area contributed by atoms with E-state index in [-0.39, 0.29) is 30.0 Å². The van der Waals surface area contributed by atoms with Crippen LogP contribution in [0.4, 0.5) is 15.9 Å². The number of hydrogen-bond acceptors (Lipinski definition) is 6. The first kappa shape index (κ1) is 21.1. The molecule has 1 aromatic carbocycles. The van der Waals surface area contributed by atoms with Crippen LogP contribution >= 0.6 is 0 Å².